The van der Waals surface area contributed by atoms with Crippen LogP contribution in [0.5, 0.6) is 0 Å². The molecule has 6 heteroatoms. The first-order valence-corrected chi connectivity index (χ1v) is 10.0. The molecular formula is C21H31N3O3. The van der Waals surface area contributed by atoms with Crippen molar-refractivity contribution in [3.63, 3.8) is 0 Å². The van der Waals surface area contributed by atoms with Crippen LogP contribution in [0.1, 0.15) is 49.4 Å². The Kier molecular flexibility index (Phi) is 6.72. The summed E-state index contributed by atoms with van der Waals surface area (Å²) < 4.78 is 4.88. The summed E-state index contributed by atoms with van der Waals surface area (Å²) in [6.07, 6.45) is 5.12. The number of ether oxygens (including phenoxy) is 1. The lowest BCUT2D eigenvalue weighted by Crippen LogP contribution is -2.46. The summed E-state index contributed by atoms with van der Waals surface area (Å²) in [6, 6.07) is 8.42. The number of carbonyl (C=O) groups excluding carboxylic acids is 2. The molecule has 27 heavy (non-hydrogen) atoms. The van der Waals surface area contributed by atoms with Gasteiger partial charge in [-0.05, 0) is 51.2 Å². The molecule has 3 rings (SSSR count). The average molecular weight is 373 g/mol. The first-order valence-electron chi connectivity index (χ1n) is 10.0. The molecule has 148 valence electrons. The highest BCUT2D eigenvalue weighted by Crippen LogP contribution is 2.27. The van der Waals surface area contributed by atoms with Gasteiger partial charge >= 0.3 is 0 Å². The molecule has 1 N–H and O–H groups in total. The van der Waals surface area contributed by atoms with E-state index in [0.717, 1.165) is 56.6 Å². The molecule has 0 bridgehead atoms. The summed E-state index contributed by atoms with van der Waals surface area (Å²) in [6.45, 7) is 4.76. The van der Waals surface area contributed by atoms with Crippen molar-refractivity contribution in [2.45, 2.75) is 51.1 Å². The van der Waals surface area contributed by atoms with E-state index in [9.17, 15) is 9.59 Å². The van der Waals surface area contributed by atoms with Crippen molar-refractivity contribution in [3.05, 3.63) is 29.8 Å². The van der Waals surface area contributed by atoms with Crippen molar-refractivity contribution in [3.8, 4) is 0 Å². The Morgan fingerprint density at radius 2 is 1.85 bits per heavy atom. The van der Waals surface area contributed by atoms with Crippen LogP contribution in [0.3, 0.4) is 0 Å². The van der Waals surface area contributed by atoms with E-state index in [1.807, 2.05) is 29.2 Å². The number of methoxy groups -OCH3 is 1. The standard InChI is InChI=1S/C21H31N3O3/c1-16-7-5-6-12-24(16)21(26)18-8-3-4-9-19(18)23-13-10-17(11-14-23)22-20(25)15-27-2/h3-4,8-9,16-17H,5-7,10-15H2,1-2H3,(H,22,25)/t16-/m1/s1. The van der Waals surface area contributed by atoms with Gasteiger partial charge in [0.25, 0.3) is 5.91 Å². The second-order valence-electron chi connectivity index (χ2n) is 7.62. The Labute approximate surface area is 161 Å². The maximum absolute atomic E-state index is 13.2. The van der Waals surface area contributed by atoms with E-state index in [1.165, 1.54) is 13.5 Å². The topological polar surface area (TPSA) is 61.9 Å². The first kappa shape index (κ1) is 19.7. The number of carbonyl (C=O) groups is 2. The van der Waals surface area contributed by atoms with E-state index < -0.39 is 0 Å². The molecule has 6 nitrogen and oxygen atoms in total. The lowest BCUT2D eigenvalue weighted by Gasteiger charge is -2.37. The minimum Gasteiger partial charge on any atom is -0.375 e. The zero-order valence-corrected chi connectivity index (χ0v) is 16.4. The van der Waals surface area contributed by atoms with Crippen LogP contribution >= 0.6 is 0 Å². The number of likely N-dealkylation sites (tertiary alicyclic amines) is 1. The largest absolute Gasteiger partial charge is 0.375 e. The fraction of sp³-hybridized carbons (Fsp3) is 0.619. The molecule has 2 fully saturated rings. The predicted octanol–water partition coefficient (Wildman–Crippen LogP) is 2.43. The summed E-state index contributed by atoms with van der Waals surface area (Å²) in [5.74, 6) is 0.0823. The molecule has 2 amide bonds. The minimum atomic E-state index is -0.0642. The quantitative estimate of drug-likeness (QED) is 0.861. The molecule has 0 saturated carbocycles. The smallest absolute Gasteiger partial charge is 0.256 e. The van der Waals surface area contributed by atoms with Crippen molar-refractivity contribution < 1.29 is 14.3 Å². The van der Waals surface area contributed by atoms with Crippen LogP contribution in [0, 0.1) is 0 Å². The molecule has 1 aromatic carbocycles. The van der Waals surface area contributed by atoms with E-state index in [2.05, 4.69) is 17.1 Å². The Bertz CT molecular complexity index is 656. The number of hydrogen-bond donors (Lipinski definition) is 1. The van der Waals surface area contributed by atoms with Crippen LogP contribution in [0.4, 0.5) is 5.69 Å². The summed E-state index contributed by atoms with van der Waals surface area (Å²) in [5, 5.41) is 3.02. The number of para-hydroxylation sites is 1. The number of nitrogens with one attached hydrogen (secondary N) is 1. The van der Waals surface area contributed by atoms with Crippen LogP contribution in [-0.4, -0.2) is 62.1 Å². The highest BCUT2D eigenvalue weighted by atomic mass is 16.5. The molecule has 1 aromatic rings. The van der Waals surface area contributed by atoms with Crippen LogP contribution in [-0.2, 0) is 9.53 Å². The Balaban J connectivity index is 1.66. The van der Waals surface area contributed by atoms with Gasteiger partial charge < -0.3 is 19.9 Å². The van der Waals surface area contributed by atoms with Gasteiger partial charge in [0.2, 0.25) is 5.91 Å². The molecule has 0 aromatic heterocycles. The van der Waals surface area contributed by atoms with Gasteiger partial charge in [-0.15, -0.1) is 0 Å². The molecule has 2 aliphatic heterocycles. The molecule has 2 heterocycles. The molecule has 2 aliphatic rings. The van der Waals surface area contributed by atoms with Gasteiger partial charge in [0.15, 0.2) is 0 Å². The fourth-order valence-corrected chi connectivity index (χ4v) is 4.15. The first-order chi connectivity index (χ1) is 13.1. The summed E-state index contributed by atoms with van der Waals surface area (Å²) in [4.78, 5) is 29.2. The van der Waals surface area contributed by atoms with Gasteiger partial charge in [0, 0.05) is 44.5 Å². The summed E-state index contributed by atoms with van der Waals surface area (Å²) in [7, 11) is 1.53. The fourth-order valence-electron chi connectivity index (χ4n) is 4.15. The van der Waals surface area contributed by atoms with E-state index >= 15 is 0 Å². The third-order valence-corrected chi connectivity index (χ3v) is 5.67. The van der Waals surface area contributed by atoms with Crippen LogP contribution in [0.25, 0.3) is 0 Å². The maximum Gasteiger partial charge on any atom is 0.256 e. The second kappa shape index (κ2) is 9.22. The molecular weight excluding hydrogens is 342 g/mol. The average Bonchev–Trinajstić information content (AvgIpc) is 2.69. The number of piperidine rings is 2. The van der Waals surface area contributed by atoms with Crippen molar-refractivity contribution in [1.29, 1.82) is 0 Å². The van der Waals surface area contributed by atoms with E-state index in [-0.39, 0.29) is 24.5 Å². The molecule has 0 aliphatic carbocycles. The van der Waals surface area contributed by atoms with Crippen LogP contribution < -0.4 is 10.2 Å². The van der Waals surface area contributed by atoms with E-state index in [1.54, 1.807) is 0 Å². The lowest BCUT2D eigenvalue weighted by molar-refractivity contribution is -0.125. The zero-order chi connectivity index (χ0) is 19.2. The molecule has 0 spiro atoms. The Hall–Kier alpha value is -2.08. The van der Waals surface area contributed by atoms with Gasteiger partial charge in [-0.2, -0.15) is 0 Å². The number of rotatable bonds is 5. The van der Waals surface area contributed by atoms with Gasteiger partial charge in [-0.1, -0.05) is 12.1 Å². The number of nitrogens with zero attached hydrogens (tertiary/aromatic N) is 2. The summed E-state index contributed by atoms with van der Waals surface area (Å²) in [5.41, 5.74) is 1.81. The molecule has 0 radical (unpaired) electrons. The third kappa shape index (κ3) is 4.80. The highest BCUT2D eigenvalue weighted by Gasteiger charge is 2.28. The SMILES string of the molecule is COCC(=O)NC1CCN(c2ccccc2C(=O)N2CCCC[C@H]2C)CC1. The number of hydrogen-bond acceptors (Lipinski definition) is 4. The van der Waals surface area contributed by atoms with Crippen molar-refractivity contribution >= 4 is 17.5 Å². The number of benzene rings is 1. The predicted molar refractivity (Wildman–Crippen MR) is 106 cm³/mol. The maximum atomic E-state index is 13.2. The number of amides is 2. The third-order valence-electron chi connectivity index (χ3n) is 5.67. The summed E-state index contributed by atoms with van der Waals surface area (Å²) >= 11 is 0. The van der Waals surface area contributed by atoms with E-state index in [0.29, 0.717) is 6.04 Å². The van der Waals surface area contributed by atoms with Crippen LogP contribution in [0.2, 0.25) is 0 Å². The second-order valence-corrected chi connectivity index (χ2v) is 7.62. The van der Waals surface area contributed by atoms with Gasteiger partial charge in [0.1, 0.15) is 6.61 Å². The number of anilines is 1. The molecule has 0 unspecified atom stereocenters. The van der Waals surface area contributed by atoms with Gasteiger partial charge in [-0.3, -0.25) is 9.59 Å². The molecule has 2 saturated heterocycles. The van der Waals surface area contributed by atoms with Crippen molar-refractivity contribution in [2.75, 3.05) is 38.3 Å². The normalized spacial score (nSPS) is 21.2. The van der Waals surface area contributed by atoms with E-state index in [4.69, 9.17) is 4.74 Å². The van der Waals surface area contributed by atoms with Crippen LogP contribution in [0.15, 0.2) is 24.3 Å². The lowest BCUT2D eigenvalue weighted by atomic mass is 10.00. The monoisotopic (exact) mass is 373 g/mol. The minimum absolute atomic E-state index is 0.0642. The molecule has 1 atom stereocenters. The van der Waals surface area contributed by atoms with Gasteiger partial charge in [-0.25, -0.2) is 0 Å². The Morgan fingerprint density at radius 1 is 1.11 bits per heavy atom. The van der Waals surface area contributed by atoms with Gasteiger partial charge in [0.05, 0.1) is 5.56 Å². The highest BCUT2D eigenvalue weighted by molar-refractivity contribution is 6.00. The Morgan fingerprint density at radius 3 is 2.56 bits per heavy atom. The van der Waals surface area contributed by atoms with Crippen molar-refractivity contribution in [1.82, 2.24) is 10.2 Å². The van der Waals surface area contributed by atoms with Crippen molar-refractivity contribution in [2.24, 2.45) is 0 Å². The zero-order valence-electron chi connectivity index (χ0n) is 16.4.